The molecule has 5 heteroatoms. The van der Waals surface area contributed by atoms with Gasteiger partial charge in [0, 0.05) is 36.8 Å². The molecule has 0 N–H and O–H groups in total. The summed E-state index contributed by atoms with van der Waals surface area (Å²) in [6, 6.07) is 3.60. The Bertz CT molecular complexity index is 512. The molecule has 0 amide bonds. The van der Waals surface area contributed by atoms with Gasteiger partial charge in [-0.3, -0.25) is 9.58 Å². The molecule has 1 aromatic heterocycles. The molecule has 0 aromatic carbocycles. The van der Waals surface area contributed by atoms with Gasteiger partial charge in [-0.05, 0) is 67.2 Å². The molecule has 4 rings (SSSR count). The smallest absolute Gasteiger partial charge is 0.123 e. The van der Waals surface area contributed by atoms with E-state index in [1.807, 2.05) is 0 Å². The number of hydrogen-bond acceptors (Lipinski definition) is 3. The van der Waals surface area contributed by atoms with Gasteiger partial charge in [0.25, 0.3) is 0 Å². The van der Waals surface area contributed by atoms with E-state index in [1.54, 1.807) is 0 Å². The van der Waals surface area contributed by atoms with Gasteiger partial charge in [0.15, 0.2) is 0 Å². The summed E-state index contributed by atoms with van der Waals surface area (Å²) in [5.41, 5.74) is 1.49. The molecule has 2 aliphatic carbocycles. The number of ether oxygens (including phenoxy) is 1. The Hall–Kier alpha value is -0.140. The third-order valence-electron chi connectivity index (χ3n) is 5.55. The van der Waals surface area contributed by atoms with Crippen LogP contribution in [0.5, 0.6) is 0 Å². The van der Waals surface area contributed by atoms with Crippen molar-refractivity contribution in [3.05, 3.63) is 15.5 Å². The van der Waals surface area contributed by atoms with Gasteiger partial charge < -0.3 is 4.74 Å². The van der Waals surface area contributed by atoms with Gasteiger partial charge in [-0.25, -0.2) is 0 Å². The standard InChI is InChI=1S/C16H24IN3O/c1-10(2)20-14(9-15(17)18-20)16-12-7-11(8-13(12)16)19-3-5-21-6-4-19/h9-13,16H,3-8H2,1-2H3. The molecule has 2 saturated carbocycles. The number of halogens is 1. The highest BCUT2D eigenvalue weighted by atomic mass is 127. The Morgan fingerprint density at radius 1 is 1.24 bits per heavy atom. The number of fused-ring (bicyclic) bond motifs is 1. The van der Waals surface area contributed by atoms with Gasteiger partial charge in [-0.1, -0.05) is 0 Å². The Kier molecular flexibility index (Phi) is 3.78. The predicted octanol–water partition coefficient (Wildman–Crippen LogP) is 2.89. The molecule has 21 heavy (non-hydrogen) atoms. The molecule has 1 saturated heterocycles. The van der Waals surface area contributed by atoms with Crippen molar-refractivity contribution in [1.29, 1.82) is 0 Å². The maximum atomic E-state index is 5.48. The van der Waals surface area contributed by atoms with Crippen LogP contribution in [0.4, 0.5) is 0 Å². The van der Waals surface area contributed by atoms with Crippen molar-refractivity contribution in [1.82, 2.24) is 14.7 Å². The lowest BCUT2D eigenvalue weighted by molar-refractivity contribution is 0.0151. The lowest BCUT2D eigenvalue weighted by Crippen LogP contribution is -2.43. The van der Waals surface area contributed by atoms with Gasteiger partial charge in [0.2, 0.25) is 0 Å². The highest BCUT2D eigenvalue weighted by Crippen LogP contribution is 2.64. The molecule has 2 heterocycles. The summed E-state index contributed by atoms with van der Waals surface area (Å²) in [6.45, 7) is 8.59. The van der Waals surface area contributed by atoms with Crippen molar-refractivity contribution in [2.45, 2.75) is 44.7 Å². The van der Waals surface area contributed by atoms with Crippen LogP contribution in [0.15, 0.2) is 6.07 Å². The van der Waals surface area contributed by atoms with Crippen molar-refractivity contribution in [3.8, 4) is 0 Å². The van der Waals surface area contributed by atoms with E-state index in [-0.39, 0.29) is 0 Å². The molecule has 3 fully saturated rings. The number of nitrogens with zero attached hydrogens (tertiary/aromatic N) is 3. The van der Waals surface area contributed by atoms with Crippen LogP contribution in [-0.4, -0.2) is 47.0 Å². The van der Waals surface area contributed by atoms with Gasteiger partial charge >= 0.3 is 0 Å². The zero-order valence-electron chi connectivity index (χ0n) is 12.8. The summed E-state index contributed by atoms with van der Waals surface area (Å²) in [5.74, 6) is 2.59. The van der Waals surface area contributed by atoms with E-state index in [0.717, 1.165) is 53.8 Å². The SMILES string of the molecule is CC(C)n1nc(I)cc1C1C2CC(N3CCOCC3)CC21. The minimum absolute atomic E-state index is 0.472. The fourth-order valence-corrected chi connectivity index (χ4v) is 5.08. The maximum absolute atomic E-state index is 5.48. The van der Waals surface area contributed by atoms with Crippen LogP contribution in [-0.2, 0) is 4.74 Å². The predicted molar refractivity (Wildman–Crippen MR) is 90.5 cm³/mol. The normalized spacial score (nSPS) is 36.2. The zero-order chi connectivity index (χ0) is 14.6. The number of hydrogen-bond donors (Lipinski definition) is 0. The first-order valence-electron chi connectivity index (χ1n) is 8.22. The second kappa shape index (κ2) is 5.49. The van der Waals surface area contributed by atoms with E-state index in [0.29, 0.717) is 6.04 Å². The topological polar surface area (TPSA) is 30.3 Å². The summed E-state index contributed by atoms with van der Waals surface area (Å²) in [5, 5.41) is 4.68. The number of morpholine rings is 1. The molecular weight excluding hydrogens is 377 g/mol. The van der Waals surface area contributed by atoms with Crippen LogP contribution in [0.25, 0.3) is 0 Å². The fourth-order valence-electron chi connectivity index (χ4n) is 4.53. The lowest BCUT2D eigenvalue weighted by atomic mass is 10.0. The highest BCUT2D eigenvalue weighted by molar-refractivity contribution is 14.1. The van der Waals surface area contributed by atoms with Crippen LogP contribution in [0.2, 0.25) is 0 Å². The molecular formula is C16H24IN3O. The molecule has 2 atom stereocenters. The molecule has 0 spiro atoms. The minimum Gasteiger partial charge on any atom is -0.379 e. The third kappa shape index (κ3) is 2.55. The van der Waals surface area contributed by atoms with Crippen molar-refractivity contribution in [2.75, 3.05) is 26.3 Å². The van der Waals surface area contributed by atoms with Crippen molar-refractivity contribution in [3.63, 3.8) is 0 Å². The summed E-state index contributed by atoms with van der Waals surface area (Å²) < 4.78 is 8.88. The largest absolute Gasteiger partial charge is 0.379 e. The van der Waals surface area contributed by atoms with Crippen LogP contribution >= 0.6 is 22.6 Å². The molecule has 3 aliphatic rings. The van der Waals surface area contributed by atoms with E-state index in [4.69, 9.17) is 4.74 Å². The molecule has 0 radical (unpaired) electrons. The first-order chi connectivity index (χ1) is 10.1. The molecule has 2 unspecified atom stereocenters. The van der Waals surface area contributed by atoms with Gasteiger partial charge in [0.1, 0.15) is 3.70 Å². The first kappa shape index (κ1) is 14.5. The van der Waals surface area contributed by atoms with Crippen molar-refractivity contribution in [2.24, 2.45) is 11.8 Å². The molecule has 116 valence electrons. The molecule has 1 aromatic rings. The molecule has 0 bridgehead atoms. The minimum atomic E-state index is 0.472. The monoisotopic (exact) mass is 401 g/mol. The lowest BCUT2D eigenvalue weighted by Gasteiger charge is -2.33. The Labute approximate surface area is 140 Å². The van der Waals surface area contributed by atoms with Crippen molar-refractivity contribution < 1.29 is 4.74 Å². The zero-order valence-corrected chi connectivity index (χ0v) is 15.0. The quantitative estimate of drug-likeness (QED) is 0.730. The second-order valence-corrected chi connectivity index (χ2v) is 8.16. The Morgan fingerprint density at radius 2 is 1.90 bits per heavy atom. The summed E-state index contributed by atoms with van der Waals surface area (Å²) in [7, 11) is 0. The third-order valence-corrected chi connectivity index (χ3v) is 6.07. The van der Waals surface area contributed by atoms with Crippen molar-refractivity contribution >= 4 is 22.6 Å². The number of aromatic nitrogens is 2. The Morgan fingerprint density at radius 3 is 2.52 bits per heavy atom. The fraction of sp³-hybridized carbons (Fsp3) is 0.812. The number of rotatable bonds is 3. The molecule has 4 nitrogen and oxygen atoms in total. The summed E-state index contributed by atoms with van der Waals surface area (Å²) in [6.07, 6.45) is 2.77. The Balaban J connectivity index is 1.44. The van der Waals surface area contributed by atoms with E-state index in [1.165, 1.54) is 18.5 Å². The average molecular weight is 401 g/mol. The van der Waals surface area contributed by atoms with Gasteiger partial charge in [-0.15, -0.1) is 0 Å². The first-order valence-corrected chi connectivity index (χ1v) is 9.29. The maximum Gasteiger partial charge on any atom is 0.123 e. The summed E-state index contributed by atoms with van der Waals surface area (Å²) >= 11 is 2.35. The van der Waals surface area contributed by atoms with E-state index >= 15 is 0 Å². The van der Waals surface area contributed by atoms with E-state index < -0.39 is 0 Å². The highest BCUT2D eigenvalue weighted by Gasteiger charge is 2.58. The van der Waals surface area contributed by atoms with Crippen LogP contribution in [0.3, 0.4) is 0 Å². The summed E-state index contributed by atoms with van der Waals surface area (Å²) in [4.78, 5) is 2.66. The second-order valence-electron chi connectivity index (χ2n) is 7.06. The van der Waals surface area contributed by atoms with Crippen LogP contribution in [0, 0.1) is 15.5 Å². The van der Waals surface area contributed by atoms with Gasteiger partial charge in [-0.2, -0.15) is 5.10 Å². The molecule has 1 aliphatic heterocycles. The van der Waals surface area contributed by atoms with Crippen LogP contribution < -0.4 is 0 Å². The van der Waals surface area contributed by atoms with E-state index in [9.17, 15) is 0 Å². The van der Waals surface area contributed by atoms with Gasteiger partial charge in [0.05, 0.1) is 13.2 Å². The van der Waals surface area contributed by atoms with Crippen LogP contribution in [0.1, 0.15) is 44.3 Å². The van der Waals surface area contributed by atoms with E-state index in [2.05, 4.69) is 57.2 Å². The average Bonchev–Trinajstić information content (AvgIpc) is 2.86.